The van der Waals surface area contributed by atoms with E-state index in [2.05, 4.69) is 5.10 Å². The Morgan fingerprint density at radius 3 is 2.44 bits per heavy atom. The van der Waals surface area contributed by atoms with Crippen molar-refractivity contribution in [2.24, 2.45) is 0 Å². The standard InChI is InChI=1S/C11H18N2O3/c1-8-9(2)11(16)13(12-10(8)15)6-4-3-5-7-14/h14H,3-7H2,1-2H3,(H,12,15). The summed E-state index contributed by atoms with van der Waals surface area (Å²) in [7, 11) is 0. The van der Waals surface area contributed by atoms with E-state index in [9.17, 15) is 9.59 Å². The molecule has 2 N–H and O–H groups in total. The predicted molar refractivity (Wildman–Crippen MR) is 61.7 cm³/mol. The topological polar surface area (TPSA) is 75.1 Å². The molecule has 1 rings (SSSR count). The van der Waals surface area contributed by atoms with Crippen LogP contribution in [-0.2, 0) is 6.54 Å². The number of unbranched alkanes of at least 4 members (excludes halogenated alkanes) is 2. The van der Waals surface area contributed by atoms with Crippen LogP contribution in [0.25, 0.3) is 0 Å². The number of nitrogens with zero attached hydrogens (tertiary/aromatic N) is 1. The summed E-state index contributed by atoms with van der Waals surface area (Å²) in [6.45, 7) is 3.97. The number of rotatable bonds is 5. The first-order valence-electron chi connectivity index (χ1n) is 5.49. The third-order valence-electron chi connectivity index (χ3n) is 2.75. The first-order valence-corrected chi connectivity index (χ1v) is 5.49. The third kappa shape index (κ3) is 2.82. The number of aliphatic hydroxyl groups is 1. The van der Waals surface area contributed by atoms with Crippen LogP contribution in [-0.4, -0.2) is 21.5 Å². The first kappa shape index (κ1) is 12.7. The summed E-state index contributed by atoms with van der Waals surface area (Å²) in [5.41, 5.74) is 0.642. The first-order chi connectivity index (χ1) is 7.57. The van der Waals surface area contributed by atoms with Gasteiger partial charge in [0.25, 0.3) is 11.1 Å². The lowest BCUT2D eigenvalue weighted by Crippen LogP contribution is -2.33. The molecule has 5 heteroatoms. The maximum Gasteiger partial charge on any atom is 0.268 e. The van der Waals surface area contributed by atoms with Crippen LogP contribution in [0.5, 0.6) is 0 Å². The molecule has 1 aromatic heterocycles. The van der Waals surface area contributed by atoms with Crippen LogP contribution >= 0.6 is 0 Å². The Labute approximate surface area is 93.7 Å². The summed E-state index contributed by atoms with van der Waals surface area (Å²) in [6, 6.07) is 0. The van der Waals surface area contributed by atoms with E-state index < -0.39 is 0 Å². The minimum Gasteiger partial charge on any atom is -0.396 e. The molecule has 1 aromatic rings. The molecule has 0 aliphatic carbocycles. The van der Waals surface area contributed by atoms with Crippen molar-refractivity contribution in [1.29, 1.82) is 0 Å². The molecule has 0 fully saturated rings. The summed E-state index contributed by atoms with van der Waals surface area (Å²) in [5.74, 6) is 0. The van der Waals surface area contributed by atoms with Gasteiger partial charge in [-0.15, -0.1) is 0 Å². The minimum atomic E-state index is -0.209. The van der Waals surface area contributed by atoms with Gasteiger partial charge in [0.05, 0.1) is 0 Å². The highest BCUT2D eigenvalue weighted by molar-refractivity contribution is 5.17. The molecule has 16 heavy (non-hydrogen) atoms. The molecule has 0 unspecified atom stereocenters. The van der Waals surface area contributed by atoms with Crippen molar-refractivity contribution >= 4 is 0 Å². The summed E-state index contributed by atoms with van der Waals surface area (Å²) in [4.78, 5) is 23.2. The summed E-state index contributed by atoms with van der Waals surface area (Å²) >= 11 is 0. The Bertz CT molecular complexity index is 459. The van der Waals surface area contributed by atoms with Gasteiger partial charge in [-0.3, -0.25) is 19.4 Å². The zero-order valence-corrected chi connectivity index (χ0v) is 9.75. The zero-order chi connectivity index (χ0) is 12.1. The molecule has 0 saturated heterocycles. The molecule has 1 heterocycles. The fraction of sp³-hybridized carbons (Fsp3) is 0.636. The SMILES string of the molecule is Cc1c(C)c(=O)n(CCCCCO)[nH]c1=O. The van der Waals surface area contributed by atoms with E-state index in [1.807, 2.05) is 0 Å². The van der Waals surface area contributed by atoms with Gasteiger partial charge in [0.1, 0.15) is 0 Å². The second-order valence-electron chi connectivity index (χ2n) is 3.93. The highest BCUT2D eigenvalue weighted by Gasteiger charge is 2.06. The average Bonchev–Trinajstić information content (AvgIpc) is 2.28. The molecule has 0 saturated carbocycles. The Kier molecular flexibility index (Phi) is 4.49. The molecule has 5 nitrogen and oxygen atoms in total. The maximum atomic E-state index is 11.7. The molecular weight excluding hydrogens is 208 g/mol. The maximum absolute atomic E-state index is 11.7. The van der Waals surface area contributed by atoms with Gasteiger partial charge in [0, 0.05) is 24.3 Å². The van der Waals surface area contributed by atoms with Crippen LogP contribution in [0, 0.1) is 13.8 Å². The number of hydrogen-bond acceptors (Lipinski definition) is 3. The van der Waals surface area contributed by atoms with Gasteiger partial charge in [-0.25, -0.2) is 0 Å². The van der Waals surface area contributed by atoms with E-state index in [1.165, 1.54) is 4.68 Å². The molecule has 90 valence electrons. The van der Waals surface area contributed by atoms with Gasteiger partial charge in [-0.05, 0) is 33.1 Å². The number of H-pyrrole nitrogens is 1. The van der Waals surface area contributed by atoms with Gasteiger partial charge < -0.3 is 5.11 Å². The number of aromatic amines is 1. The average molecular weight is 226 g/mol. The smallest absolute Gasteiger partial charge is 0.268 e. The van der Waals surface area contributed by atoms with E-state index in [4.69, 9.17) is 5.11 Å². The quantitative estimate of drug-likeness (QED) is 0.710. The van der Waals surface area contributed by atoms with E-state index in [1.54, 1.807) is 13.8 Å². The molecule has 0 aromatic carbocycles. The fourth-order valence-electron chi connectivity index (χ4n) is 1.51. The second-order valence-corrected chi connectivity index (χ2v) is 3.93. The lowest BCUT2D eigenvalue weighted by atomic mass is 10.2. The van der Waals surface area contributed by atoms with E-state index >= 15 is 0 Å². The number of hydrogen-bond donors (Lipinski definition) is 2. The third-order valence-corrected chi connectivity index (χ3v) is 2.75. The van der Waals surface area contributed by atoms with Crippen LogP contribution in [0.3, 0.4) is 0 Å². The predicted octanol–water partition coefficient (Wildman–Crippen LogP) is 0.316. The largest absolute Gasteiger partial charge is 0.396 e. The highest BCUT2D eigenvalue weighted by Crippen LogP contribution is 1.97. The summed E-state index contributed by atoms with van der Waals surface area (Å²) in [5, 5.41) is 11.2. The normalized spacial score (nSPS) is 10.7. The van der Waals surface area contributed by atoms with Crippen molar-refractivity contribution in [2.45, 2.75) is 39.7 Å². The Hall–Kier alpha value is -1.36. The van der Waals surface area contributed by atoms with Crippen molar-refractivity contribution in [3.05, 3.63) is 31.8 Å². The second kappa shape index (κ2) is 5.65. The van der Waals surface area contributed by atoms with Crippen LogP contribution in [0.4, 0.5) is 0 Å². The van der Waals surface area contributed by atoms with E-state index in [-0.39, 0.29) is 17.7 Å². The molecule has 0 aliphatic heterocycles. The molecule has 0 spiro atoms. The van der Waals surface area contributed by atoms with Crippen LogP contribution < -0.4 is 11.1 Å². The fourth-order valence-corrected chi connectivity index (χ4v) is 1.51. The Morgan fingerprint density at radius 1 is 1.12 bits per heavy atom. The van der Waals surface area contributed by atoms with Crippen LogP contribution in [0.2, 0.25) is 0 Å². The number of nitrogens with one attached hydrogen (secondary N) is 1. The Balaban J connectivity index is 2.82. The van der Waals surface area contributed by atoms with Crippen molar-refractivity contribution in [3.63, 3.8) is 0 Å². The van der Waals surface area contributed by atoms with Crippen molar-refractivity contribution in [3.8, 4) is 0 Å². The van der Waals surface area contributed by atoms with E-state index in [0.717, 1.165) is 19.3 Å². The van der Waals surface area contributed by atoms with Gasteiger partial charge in [0.2, 0.25) is 0 Å². The number of aliphatic hydroxyl groups excluding tert-OH is 1. The van der Waals surface area contributed by atoms with Crippen LogP contribution in [0.15, 0.2) is 9.59 Å². The highest BCUT2D eigenvalue weighted by atomic mass is 16.3. The van der Waals surface area contributed by atoms with Gasteiger partial charge in [-0.1, -0.05) is 0 Å². The zero-order valence-electron chi connectivity index (χ0n) is 9.75. The van der Waals surface area contributed by atoms with Crippen molar-refractivity contribution in [2.75, 3.05) is 6.61 Å². The molecule has 0 bridgehead atoms. The van der Waals surface area contributed by atoms with Gasteiger partial charge in [-0.2, -0.15) is 0 Å². The lowest BCUT2D eigenvalue weighted by molar-refractivity contribution is 0.281. The van der Waals surface area contributed by atoms with Gasteiger partial charge in [0.15, 0.2) is 0 Å². The van der Waals surface area contributed by atoms with Crippen molar-refractivity contribution < 1.29 is 5.11 Å². The Morgan fingerprint density at radius 2 is 1.81 bits per heavy atom. The minimum absolute atomic E-state index is 0.138. The molecular formula is C11H18N2O3. The molecule has 0 amide bonds. The molecule has 0 aliphatic rings. The molecule has 0 atom stereocenters. The lowest BCUT2D eigenvalue weighted by Gasteiger charge is -2.07. The summed E-state index contributed by atoms with van der Waals surface area (Å²) in [6.07, 6.45) is 2.35. The number of aromatic nitrogens is 2. The van der Waals surface area contributed by atoms with Crippen LogP contribution in [0.1, 0.15) is 30.4 Å². The van der Waals surface area contributed by atoms with E-state index in [0.29, 0.717) is 17.7 Å². The number of aryl methyl sites for hydroxylation is 1. The monoisotopic (exact) mass is 226 g/mol. The van der Waals surface area contributed by atoms with Gasteiger partial charge >= 0.3 is 0 Å². The summed E-state index contributed by atoms with van der Waals surface area (Å²) < 4.78 is 1.35. The molecule has 0 radical (unpaired) electrons. The van der Waals surface area contributed by atoms with Crippen molar-refractivity contribution in [1.82, 2.24) is 9.78 Å².